The van der Waals surface area contributed by atoms with E-state index in [9.17, 15) is 4.79 Å². The number of ether oxygens (including phenoxy) is 1. The molecule has 4 nitrogen and oxygen atoms in total. The highest BCUT2D eigenvalue weighted by Crippen LogP contribution is 2.42. The van der Waals surface area contributed by atoms with E-state index < -0.39 is 0 Å². The Labute approximate surface area is 139 Å². The Hall–Kier alpha value is -1.29. The summed E-state index contributed by atoms with van der Waals surface area (Å²) < 4.78 is 5.46. The van der Waals surface area contributed by atoms with Gasteiger partial charge in [0.2, 0.25) is 5.91 Å². The van der Waals surface area contributed by atoms with Crippen molar-refractivity contribution < 1.29 is 9.53 Å². The highest BCUT2D eigenvalue weighted by Gasteiger charge is 2.50. The van der Waals surface area contributed by atoms with E-state index >= 15 is 0 Å². The molecule has 3 fully saturated rings. The van der Waals surface area contributed by atoms with E-state index in [4.69, 9.17) is 4.74 Å². The van der Waals surface area contributed by atoms with Crippen LogP contribution in [0.5, 0.6) is 0 Å². The molecular weight excluding hydrogens is 288 g/mol. The van der Waals surface area contributed by atoms with Crippen molar-refractivity contribution >= 4 is 5.91 Å². The summed E-state index contributed by atoms with van der Waals surface area (Å²) >= 11 is 0. The fourth-order valence-electron chi connectivity index (χ4n) is 4.66. The number of amides is 1. The van der Waals surface area contributed by atoms with Crippen molar-refractivity contribution in [1.29, 1.82) is 0 Å². The first-order chi connectivity index (χ1) is 11.3. The van der Waals surface area contributed by atoms with E-state index in [1.807, 2.05) is 0 Å². The Morgan fingerprint density at radius 1 is 1.17 bits per heavy atom. The third-order valence-corrected chi connectivity index (χ3v) is 5.99. The van der Waals surface area contributed by atoms with Crippen LogP contribution in [-0.4, -0.2) is 54.6 Å². The predicted octanol–water partition coefficient (Wildman–Crippen LogP) is 2.53. The average molecular weight is 315 g/mol. The number of rotatable bonds is 2. The van der Waals surface area contributed by atoms with Crippen molar-refractivity contribution in [2.45, 2.75) is 44.6 Å². The second-order valence-electron chi connectivity index (χ2n) is 7.36. The van der Waals surface area contributed by atoms with Crippen LogP contribution >= 0.6 is 0 Å². The molecule has 1 atom stereocenters. The lowest BCUT2D eigenvalue weighted by molar-refractivity contribution is -0.141. The van der Waals surface area contributed by atoms with Crippen molar-refractivity contribution in [1.82, 2.24) is 9.80 Å². The SMILES string of the molecule is O=C1N(C2CCOCC2)CC[C@@]12CCCN(C1=CC[CH]C=C1)C2. The van der Waals surface area contributed by atoms with Gasteiger partial charge in [-0.1, -0.05) is 12.2 Å². The summed E-state index contributed by atoms with van der Waals surface area (Å²) in [6.45, 7) is 4.55. The predicted molar refractivity (Wildman–Crippen MR) is 89.6 cm³/mol. The summed E-state index contributed by atoms with van der Waals surface area (Å²) in [5, 5.41) is 0. The van der Waals surface area contributed by atoms with Crippen LogP contribution < -0.4 is 0 Å². The van der Waals surface area contributed by atoms with E-state index in [0.717, 1.165) is 71.4 Å². The topological polar surface area (TPSA) is 32.8 Å². The van der Waals surface area contributed by atoms with Crippen LogP contribution in [0.25, 0.3) is 0 Å². The molecule has 4 heteroatoms. The lowest BCUT2D eigenvalue weighted by Crippen LogP contribution is -2.49. The first kappa shape index (κ1) is 15.3. The van der Waals surface area contributed by atoms with Gasteiger partial charge in [-0.2, -0.15) is 0 Å². The Morgan fingerprint density at radius 2 is 2.04 bits per heavy atom. The third kappa shape index (κ3) is 2.82. The van der Waals surface area contributed by atoms with Crippen LogP contribution in [0.1, 0.15) is 38.5 Å². The first-order valence-corrected chi connectivity index (χ1v) is 9.12. The molecule has 0 aromatic carbocycles. The minimum Gasteiger partial charge on any atom is -0.381 e. The van der Waals surface area contributed by atoms with Gasteiger partial charge in [-0.05, 0) is 51.0 Å². The van der Waals surface area contributed by atoms with Gasteiger partial charge < -0.3 is 14.5 Å². The quantitative estimate of drug-likeness (QED) is 0.785. The van der Waals surface area contributed by atoms with Crippen molar-refractivity contribution in [3.05, 3.63) is 30.3 Å². The van der Waals surface area contributed by atoms with E-state index in [1.165, 1.54) is 5.70 Å². The number of likely N-dealkylation sites (tertiary alicyclic amines) is 2. The molecule has 0 bridgehead atoms. The number of hydrogen-bond donors (Lipinski definition) is 0. The zero-order valence-corrected chi connectivity index (χ0v) is 13.9. The highest BCUT2D eigenvalue weighted by molar-refractivity contribution is 5.85. The summed E-state index contributed by atoms with van der Waals surface area (Å²) in [6, 6.07) is 0.411. The van der Waals surface area contributed by atoms with Crippen LogP contribution in [0.3, 0.4) is 0 Å². The lowest BCUT2D eigenvalue weighted by Gasteiger charge is -2.42. The minimum absolute atomic E-state index is 0.133. The van der Waals surface area contributed by atoms with Crippen molar-refractivity contribution in [3.8, 4) is 0 Å². The van der Waals surface area contributed by atoms with Crippen LogP contribution in [0.2, 0.25) is 0 Å². The maximum atomic E-state index is 13.2. The molecule has 1 amide bonds. The van der Waals surface area contributed by atoms with E-state index in [-0.39, 0.29) is 5.41 Å². The summed E-state index contributed by atoms with van der Waals surface area (Å²) in [6.07, 6.45) is 15.0. The second-order valence-corrected chi connectivity index (χ2v) is 7.36. The molecule has 4 rings (SSSR count). The fraction of sp³-hybridized carbons (Fsp3) is 0.684. The van der Waals surface area contributed by atoms with Gasteiger partial charge in [-0.3, -0.25) is 4.79 Å². The number of piperidine rings is 1. The molecular formula is C19H27N2O2. The molecule has 0 aromatic rings. The summed E-state index contributed by atoms with van der Waals surface area (Å²) in [5.74, 6) is 0.418. The normalized spacial score (nSPS) is 32.7. The number of nitrogens with zero attached hydrogens (tertiary/aromatic N) is 2. The van der Waals surface area contributed by atoms with Gasteiger partial charge in [-0.25, -0.2) is 0 Å². The smallest absolute Gasteiger partial charge is 0.230 e. The molecule has 4 aliphatic rings. The molecule has 3 aliphatic heterocycles. The summed E-state index contributed by atoms with van der Waals surface area (Å²) in [4.78, 5) is 17.9. The Bertz CT molecular complexity index is 521. The number of hydrogen-bond acceptors (Lipinski definition) is 3. The molecule has 1 radical (unpaired) electrons. The van der Waals surface area contributed by atoms with Crippen molar-refractivity contribution in [3.63, 3.8) is 0 Å². The summed E-state index contributed by atoms with van der Waals surface area (Å²) in [7, 11) is 0. The second kappa shape index (κ2) is 6.31. The number of carbonyl (C=O) groups excluding carboxylic acids is 1. The van der Waals surface area contributed by atoms with Crippen molar-refractivity contribution in [2.75, 3.05) is 32.8 Å². The van der Waals surface area contributed by atoms with E-state index in [1.54, 1.807) is 0 Å². The third-order valence-electron chi connectivity index (χ3n) is 5.99. The van der Waals surface area contributed by atoms with Crippen LogP contribution in [0.4, 0.5) is 0 Å². The Morgan fingerprint density at radius 3 is 2.83 bits per heavy atom. The molecule has 0 aromatic heterocycles. The Kier molecular flexibility index (Phi) is 4.18. The molecule has 0 unspecified atom stereocenters. The van der Waals surface area contributed by atoms with Crippen LogP contribution in [-0.2, 0) is 9.53 Å². The van der Waals surface area contributed by atoms with E-state index in [2.05, 4.69) is 34.4 Å². The van der Waals surface area contributed by atoms with E-state index in [0.29, 0.717) is 11.9 Å². The van der Waals surface area contributed by atoms with Gasteiger partial charge >= 0.3 is 0 Å². The summed E-state index contributed by atoms with van der Waals surface area (Å²) in [5.41, 5.74) is 1.18. The number of carbonyl (C=O) groups is 1. The van der Waals surface area contributed by atoms with Crippen LogP contribution in [0.15, 0.2) is 23.9 Å². The maximum absolute atomic E-state index is 13.2. The molecule has 0 saturated carbocycles. The molecule has 3 heterocycles. The molecule has 23 heavy (non-hydrogen) atoms. The Balaban J connectivity index is 1.48. The maximum Gasteiger partial charge on any atom is 0.230 e. The van der Waals surface area contributed by atoms with Gasteiger partial charge in [-0.15, -0.1) is 0 Å². The van der Waals surface area contributed by atoms with Gasteiger partial charge in [0.25, 0.3) is 0 Å². The van der Waals surface area contributed by atoms with Crippen LogP contribution in [0, 0.1) is 11.8 Å². The lowest BCUT2D eigenvalue weighted by atomic mass is 9.78. The van der Waals surface area contributed by atoms with Gasteiger partial charge in [0.05, 0.1) is 5.41 Å². The molecule has 3 saturated heterocycles. The molecule has 1 spiro atoms. The zero-order valence-electron chi connectivity index (χ0n) is 13.9. The van der Waals surface area contributed by atoms with Gasteiger partial charge in [0, 0.05) is 44.6 Å². The van der Waals surface area contributed by atoms with Gasteiger partial charge in [0.15, 0.2) is 0 Å². The monoisotopic (exact) mass is 315 g/mol. The molecule has 125 valence electrons. The fourth-order valence-corrected chi connectivity index (χ4v) is 4.66. The minimum atomic E-state index is -0.133. The largest absolute Gasteiger partial charge is 0.381 e. The average Bonchev–Trinajstić information content (AvgIpc) is 2.93. The first-order valence-electron chi connectivity index (χ1n) is 9.12. The highest BCUT2D eigenvalue weighted by atomic mass is 16.5. The molecule has 0 N–H and O–H groups in total. The van der Waals surface area contributed by atoms with Gasteiger partial charge in [0.1, 0.15) is 0 Å². The number of allylic oxidation sites excluding steroid dienone is 3. The van der Waals surface area contributed by atoms with Crippen molar-refractivity contribution in [2.24, 2.45) is 5.41 Å². The standard InChI is InChI=1S/C19H27N2O2/c22-18-19(10-12-21(18)17-7-13-23-14-8-17)9-4-11-20(15-19)16-5-2-1-3-6-16/h1-2,5-6,17H,3-4,7-15H2/t19-/m1/s1. The molecule has 1 aliphatic carbocycles. The zero-order chi connectivity index (χ0) is 15.7.